The number of aromatic amines is 1. The summed E-state index contributed by atoms with van der Waals surface area (Å²) in [6, 6.07) is 3.67. The second-order valence-corrected chi connectivity index (χ2v) is 4.95. The Morgan fingerprint density at radius 2 is 2.13 bits per heavy atom. The molecule has 0 aliphatic rings. The summed E-state index contributed by atoms with van der Waals surface area (Å²) in [5, 5.41) is 9.80. The van der Waals surface area contributed by atoms with Crippen LogP contribution in [0, 0.1) is 0 Å². The van der Waals surface area contributed by atoms with Crippen LogP contribution in [0.25, 0.3) is 11.0 Å². The number of nitrogen functional groups attached to an aromatic ring is 1. The summed E-state index contributed by atoms with van der Waals surface area (Å²) in [5.41, 5.74) is 6.93. The van der Waals surface area contributed by atoms with Gasteiger partial charge in [0.1, 0.15) is 16.9 Å². The molecule has 0 saturated carbocycles. The Kier molecular flexibility index (Phi) is 2.24. The van der Waals surface area contributed by atoms with E-state index in [-0.39, 0.29) is 0 Å². The molecule has 2 rings (SSSR count). The zero-order chi connectivity index (χ0) is 11.2. The number of aliphatic hydroxyl groups is 1. The van der Waals surface area contributed by atoms with Crippen LogP contribution in [0.3, 0.4) is 0 Å². The maximum absolute atomic E-state index is 9.80. The fourth-order valence-electron chi connectivity index (χ4n) is 1.40. The van der Waals surface area contributed by atoms with E-state index < -0.39 is 5.60 Å². The zero-order valence-corrected chi connectivity index (χ0v) is 10.1. The standard InChI is InChI=1S/C10H12BrN3O/c1-10(2,15)9-13-7-4-5(11)3-6(12)8(7)14-9/h3-4,15H,12H2,1-2H3,(H,13,14). The molecule has 0 saturated heterocycles. The highest BCUT2D eigenvalue weighted by molar-refractivity contribution is 9.10. The van der Waals surface area contributed by atoms with Crippen LogP contribution in [-0.2, 0) is 5.60 Å². The molecule has 2 aromatic rings. The summed E-state index contributed by atoms with van der Waals surface area (Å²) < 4.78 is 0.887. The normalized spacial score (nSPS) is 12.3. The fourth-order valence-corrected chi connectivity index (χ4v) is 1.87. The summed E-state index contributed by atoms with van der Waals surface area (Å²) in [4.78, 5) is 7.32. The lowest BCUT2D eigenvalue weighted by atomic mass is 10.1. The van der Waals surface area contributed by atoms with E-state index >= 15 is 0 Å². The van der Waals surface area contributed by atoms with Crippen molar-refractivity contribution in [2.24, 2.45) is 0 Å². The van der Waals surface area contributed by atoms with E-state index in [4.69, 9.17) is 5.73 Å². The van der Waals surface area contributed by atoms with Crippen LogP contribution in [0.15, 0.2) is 16.6 Å². The van der Waals surface area contributed by atoms with Crippen LogP contribution in [-0.4, -0.2) is 15.1 Å². The van der Waals surface area contributed by atoms with E-state index in [0.717, 1.165) is 9.99 Å². The molecular formula is C10H12BrN3O. The molecule has 1 heterocycles. The molecule has 0 amide bonds. The van der Waals surface area contributed by atoms with E-state index in [9.17, 15) is 5.11 Å². The number of hydrogen-bond acceptors (Lipinski definition) is 3. The van der Waals surface area contributed by atoms with Gasteiger partial charge in [0.15, 0.2) is 0 Å². The van der Waals surface area contributed by atoms with Gasteiger partial charge in [-0.25, -0.2) is 4.98 Å². The summed E-state index contributed by atoms with van der Waals surface area (Å²) in [6.45, 7) is 3.35. The van der Waals surface area contributed by atoms with Gasteiger partial charge in [0.05, 0.1) is 11.2 Å². The van der Waals surface area contributed by atoms with Crippen molar-refractivity contribution in [3.8, 4) is 0 Å². The number of halogens is 1. The molecule has 0 fully saturated rings. The molecule has 0 atom stereocenters. The zero-order valence-electron chi connectivity index (χ0n) is 8.50. The quantitative estimate of drug-likeness (QED) is 0.695. The van der Waals surface area contributed by atoms with Gasteiger partial charge in [0.2, 0.25) is 0 Å². The van der Waals surface area contributed by atoms with E-state index in [2.05, 4.69) is 25.9 Å². The van der Waals surface area contributed by atoms with Crippen molar-refractivity contribution in [3.05, 3.63) is 22.4 Å². The van der Waals surface area contributed by atoms with Gasteiger partial charge >= 0.3 is 0 Å². The second kappa shape index (κ2) is 3.21. The molecule has 0 aliphatic heterocycles. The molecule has 4 N–H and O–H groups in total. The minimum absolute atomic E-state index is 0.516. The highest BCUT2D eigenvalue weighted by Crippen LogP contribution is 2.27. The van der Waals surface area contributed by atoms with Crippen molar-refractivity contribution >= 4 is 32.7 Å². The van der Waals surface area contributed by atoms with Gasteiger partial charge in [0.25, 0.3) is 0 Å². The Morgan fingerprint density at radius 1 is 1.47 bits per heavy atom. The lowest BCUT2D eigenvalue weighted by Crippen LogP contribution is -2.17. The number of rotatable bonds is 1. The Hall–Kier alpha value is -1.07. The molecule has 1 aromatic carbocycles. The number of nitrogens with zero attached hydrogens (tertiary/aromatic N) is 1. The van der Waals surface area contributed by atoms with Crippen molar-refractivity contribution in [2.45, 2.75) is 19.4 Å². The molecule has 0 unspecified atom stereocenters. The number of anilines is 1. The number of imidazole rings is 1. The van der Waals surface area contributed by atoms with Crippen molar-refractivity contribution < 1.29 is 5.11 Å². The van der Waals surface area contributed by atoms with Gasteiger partial charge in [-0.05, 0) is 26.0 Å². The molecule has 0 radical (unpaired) electrons. The highest BCUT2D eigenvalue weighted by atomic mass is 79.9. The first-order valence-corrected chi connectivity index (χ1v) is 5.35. The largest absolute Gasteiger partial charge is 0.397 e. The van der Waals surface area contributed by atoms with Crippen molar-refractivity contribution in [1.82, 2.24) is 9.97 Å². The molecular weight excluding hydrogens is 258 g/mol. The van der Waals surface area contributed by atoms with Gasteiger partial charge < -0.3 is 15.8 Å². The Morgan fingerprint density at radius 3 is 2.73 bits per heavy atom. The number of nitrogens with two attached hydrogens (primary N) is 1. The summed E-state index contributed by atoms with van der Waals surface area (Å²) in [5.74, 6) is 0.516. The topological polar surface area (TPSA) is 74.9 Å². The van der Waals surface area contributed by atoms with Crippen LogP contribution in [0.4, 0.5) is 5.69 Å². The van der Waals surface area contributed by atoms with Crippen molar-refractivity contribution in [1.29, 1.82) is 0 Å². The van der Waals surface area contributed by atoms with Crippen molar-refractivity contribution in [3.63, 3.8) is 0 Å². The average molecular weight is 270 g/mol. The van der Waals surface area contributed by atoms with Crippen molar-refractivity contribution in [2.75, 3.05) is 5.73 Å². The predicted molar refractivity (Wildman–Crippen MR) is 63.5 cm³/mol. The smallest absolute Gasteiger partial charge is 0.138 e. The first kappa shape index (κ1) is 10.4. The Labute approximate surface area is 95.6 Å². The lowest BCUT2D eigenvalue weighted by Gasteiger charge is -2.12. The molecule has 4 nitrogen and oxygen atoms in total. The molecule has 0 bridgehead atoms. The molecule has 5 heteroatoms. The monoisotopic (exact) mass is 269 g/mol. The number of fused-ring (bicyclic) bond motifs is 1. The maximum Gasteiger partial charge on any atom is 0.138 e. The summed E-state index contributed by atoms with van der Waals surface area (Å²) >= 11 is 3.35. The van der Waals surface area contributed by atoms with E-state index in [1.807, 2.05) is 6.07 Å². The predicted octanol–water partition coefficient (Wildman–Crippen LogP) is 2.13. The number of aromatic nitrogens is 2. The third-order valence-electron chi connectivity index (χ3n) is 2.16. The van der Waals surface area contributed by atoms with Crippen LogP contribution in [0.5, 0.6) is 0 Å². The van der Waals surface area contributed by atoms with Gasteiger partial charge in [0, 0.05) is 4.47 Å². The maximum atomic E-state index is 9.80. The van der Waals surface area contributed by atoms with E-state index in [1.54, 1.807) is 19.9 Å². The number of benzene rings is 1. The number of hydrogen-bond donors (Lipinski definition) is 3. The highest BCUT2D eigenvalue weighted by Gasteiger charge is 2.21. The molecule has 0 aliphatic carbocycles. The first-order valence-electron chi connectivity index (χ1n) is 4.55. The SMILES string of the molecule is CC(C)(O)c1nc2c(N)cc(Br)cc2[nH]1. The van der Waals surface area contributed by atoms with Crippen LogP contribution < -0.4 is 5.73 Å². The first-order chi connectivity index (χ1) is 6.88. The molecule has 15 heavy (non-hydrogen) atoms. The molecule has 1 aromatic heterocycles. The van der Waals surface area contributed by atoms with Gasteiger partial charge in [-0.1, -0.05) is 15.9 Å². The summed E-state index contributed by atoms with van der Waals surface area (Å²) in [6.07, 6.45) is 0. The summed E-state index contributed by atoms with van der Waals surface area (Å²) in [7, 11) is 0. The van der Waals surface area contributed by atoms with E-state index in [1.165, 1.54) is 0 Å². The van der Waals surface area contributed by atoms with Crippen LogP contribution in [0.1, 0.15) is 19.7 Å². The van der Waals surface area contributed by atoms with E-state index in [0.29, 0.717) is 17.0 Å². The third kappa shape index (κ3) is 1.85. The minimum atomic E-state index is -0.988. The minimum Gasteiger partial charge on any atom is -0.397 e. The van der Waals surface area contributed by atoms with Gasteiger partial charge in [-0.15, -0.1) is 0 Å². The van der Waals surface area contributed by atoms with Crippen LogP contribution in [0.2, 0.25) is 0 Å². The number of H-pyrrole nitrogens is 1. The molecule has 80 valence electrons. The Bertz CT molecular complexity index is 513. The molecule has 0 spiro atoms. The number of nitrogens with one attached hydrogen (secondary N) is 1. The van der Waals surface area contributed by atoms with Crippen LogP contribution >= 0.6 is 15.9 Å². The fraction of sp³-hybridized carbons (Fsp3) is 0.300. The second-order valence-electron chi connectivity index (χ2n) is 4.04. The van der Waals surface area contributed by atoms with Gasteiger partial charge in [-0.2, -0.15) is 0 Å². The average Bonchev–Trinajstić information content (AvgIpc) is 2.46. The Balaban J connectivity index is 2.71. The van der Waals surface area contributed by atoms with Gasteiger partial charge in [-0.3, -0.25) is 0 Å². The lowest BCUT2D eigenvalue weighted by molar-refractivity contribution is 0.0700. The third-order valence-corrected chi connectivity index (χ3v) is 2.62.